The second kappa shape index (κ2) is 8.27. The van der Waals surface area contributed by atoms with E-state index in [2.05, 4.69) is 13.2 Å². The molecule has 140 valence electrons. The van der Waals surface area contributed by atoms with Crippen LogP contribution in [0.1, 0.15) is 35.1 Å². The van der Waals surface area contributed by atoms with Crippen molar-refractivity contribution in [2.24, 2.45) is 11.8 Å². The molecular weight excluding hydrogens is 324 g/mol. The minimum Gasteiger partial charge on any atom is -0.872 e. The Morgan fingerprint density at radius 1 is 0.760 bits per heavy atom. The van der Waals surface area contributed by atoms with Gasteiger partial charge in [0.2, 0.25) is 0 Å². The largest absolute Gasteiger partial charge is 0.872 e. The SMILES string of the molecule is C.C=C1C(=O)C(C)=C1[O-].C=C1C(=O)C(C)=C1[O-].CC1C([O-])C(C)C1[O-]. The Kier molecular flexibility index (Phi) is 7.55. The normalized spacial score (nSPS) is 30.0. The van der Waals surface area contributed by atoms with Crippen LogP contribution in [-0.2, 0) is 9.59 Å². The number of allylic oxidation sites excluding steroid dienone is 4. The number of hydrogen-bond acceptors (Lipinski definition) is 6. The zero-order valence-corrected chi connectivity index (χ0v) is 14.2. The van der Waals surface area contributed by atoms with Gasteiger partial charge in [-0.25, -0.2) is 0 Å². The predicted molar refractivity (Wildman–Crippen MR) is 86.3 cm³/mol. The van der Waals surface area contributed by atoms with Crippen molar-refractivity contribution in [1.82, 2.24) is 0 Å². The lowest BCUT2D eigenvalue weighted by molar-refractivity contribution is -0.558. The summed E-state index contributed by atoms with van der Waals surface area (Å²) < 4.78 is 0. The Morgan fingerprint density at radius 2 is 1.00 bits per heavy atom. The maximum absolute atomic E-state index is 10.7. The molecule has 1 fully saturated rings. The van der Waals surface area contributed by atoms with Crippen LogP contribution >= 0.6 is 0 Å². The first kappa shape index (κ1) is 22.8. The minimum atomic E-state index is -0.586. The molecule has 25 heavy (non-hydrogen) atoms. The fraction of sp³-hybridized carbons (Fsp3) is 0.474. The van der Waals surface area contributed by atoms with Crippen molar-refractivity contribution >= 4 is 11.6 Å². The molecule has 0 amide bonds. The molecule has 3 rings (SSSR count). The fourth-order valence-electron chi connectivity index (χ4n) is 2.38. The van der Waals surface area contributed by atoms with E-state index in [4.69, 9.17) is 0 Å². The van der Waals surface area contributed by atoms with E-state index in [0.717, 1.165) is 0 Å². The number of Topliss-reactive ketones (excluding diaryl/α,β-unsaturated/α-hetero) is 2. The van der Waals surface area contributed by atoms with Crippen LogP contribution in [0.5, 0.6) is 0 Å². The topological polar surface area (TPSA) is 126 Å². The van der Waals surface area contributed by atoms with Crippen LogP contribution in [-0.4, -0.2) is 23.8 Å². The molecule has 0 aromatic carbocycles. The van der Waals surface area contributed by atoms with E-state index in [9.17, 15) is 30.0 Å². The van der Waals surface area contributed by atoms with Gasteiger partial charge in [-0.3, -0.25) is 9.59 Å². The number of carbonyl (C=O) groups excluding carboxylic acids is 2. The van der Waals surface area contributed by atoms with Crippen molar-refractivity contribution in [3.63, 3.8) is 0 Å². The highest BCUT2D eigenvalue weighted by Crippen LogP contribution is 2.29. The number of carbonyl (C=O) groups is 2. The monoisotopic (exact) mass is 348 g/mol. The van der Waals surface area contributed by atoms with Crippen LogP contribution < -0.4 is 20.4 Å². The van der Waals surface area contributed by atoms with Gasteiger partial charge in [0.1, 0.15) is 0 Å². The third kappa shape index (κ3) is 4.08. The van der Waals surface area contributed by atoms with Crippen LogP contribution in [0.4, 0.5) is 0 Å². The van der Waals surface area contributed by atoms with E-state index >= 15 is 0 Å². The van der Waals surface area contributed by atoms with Crippen molar-refractivity contribution in [2.45, 2.75) is 47.3 Å². The molecular formula is C19H24O6-4. The summed E-state index contributed by atoms with van der Waals surface area (Å²) in [5.41, 5.74) is 0.884. The summed E-state index contributed by atoms with van der Waals surface area (Å²) in [5, 5.41) is 42.1. The van der Waals surface area contributed by atoms with Crippen molar-refractivity contribution in [3.8, 4) is 0 Å². The van der Waals surface area contributed by atoms with Crippen LogP contribution in [0, 0.1) is 11.8 Å². The molecule has 0 unspecified atom stereocenters. The maximum Gasteiger partial charge on any atom is 0.186 e. The summed E-state index contributed by atoms with van der Waals surface area (Å²) in [7, 11) is 0. The first-order chi connectivity index (χ1) is 10.9. The van der Waals surface area contributed by atoms with Gasteiger partial charge in [0.05, 0.1) is 0 Å². The van der Waals surface area contributed by atoms with Gasteiger partial charge in [0, 0.05) is 11.1 Å². The average molecular weight is 348 g/mol. The van der Waals surface area contributed by atoms with Crippen LogP contribution in [0.15, 0.2) is 47.0 Å². The summed E-state index contributed by atoms with van der Waals surface area (Å²) in [6.07, 6.45) is -1.17. The second-order valence-corrected chi connectivity index (χ2v) is 6.17. The molecule has 0 aromatic rings. The highest BCUT2D eigenvalue weighted by molar-refractivity contribution is 6.18. The first-order valence-corrected chi connectivity index (χ1v) is 7.48. The molecule has 3 aliphatic rings. The molecule has 0 spiro atoms. The summed E-state index contributed by atoms with van der Waals surface area (Å²) in [4.78, 5) is 20.8. The van der Waals surface area contributed by atoms with E-state index < -0.39 is 12.2 Å². The number of rotatable bonds is 0. The van der Waals surface area contributed by atoms with Gasteiger partial charge in [-0.05, 0) is 25.0 Å². The third-order valence-electron chi connectivity index (χ3n) is 4.53. The summed E-state index contributed by atoms with van der Waals surface area (Å²) in [6.45, 7) is 13.0. The Bertz CT molecular complexity index is 545. The molecule has 0 bridgehead atoms. The molecule has 1 saturated carbocycles. The smallest absolute Gasteiger partial charge is 0.186 e. The molecule has 0 radical (unpaired) electrons. The van der Waals surface area contributed by atoms with Gasteiger partial charge in [0.15, 0.2) is 11.6 Å². The molecule has 3 aliphatic carbocycles. The zero-order valence-electron chi connectivity index (χ0n) is 14.2. The minimum absolute atomic E-state index is 0. The highest BCUT2D eigenvalue weighted by Gasteiger charge is 2.28. The van der Waals surface area contributed by atoms with Gasteiger partial charge in [0.25, 0.3) is 0 Å². The number of ketones is 2. The van der Waals surface area contributed by atoms with Crippen molar-refractivity contribution in [2.75, 3.05) is 0 Å². The fourth-order valence-corrected chi connectivity index (χ4v) is 2.38. The number of hydrogen-bond donors (Lipinski definition) is 0. The predicted octanol–water partition coefficient (Wildman–Crippen LogP) is -1.11. The van der Waals surface area contributed by atoms with Gasteiger partial charge >= 0.3 is 0 Å². The Hall–Kier alpha value is -2.18. The summed E-state index contributed by atoms with van der Waals surface area (Å²) in [6, 6.07) is 0. The molecule has 0 heterocycles. The lowest BCUT2D eigenvalue weighted by atomic mass is 9.71. The molecule has 0 atom stereocenters. The molecule has 0 aromatic heterocycles. The second-order valence-electron chi connectivity index (χ2n) is 6.17. The third-order valence-corrected chi connectivity index (χ3v) is 4.53. The average Bonchev–Trinajstić information content (AvgIpc) is 2.63. The maximum atomic E-state index is 10.7. The standard InChI is InChI=1S/C6H10O2.2C6H6O2.CH4/c3*1-3-5(7)4(2)6(3)8;/h3-6H,1-2H3;2*7H,1H2,2H3;1H4/q-2;;;/p-2. The van der Waals surface area contributed by atoms with Crippen LogP contribution in [0.25, 0.3) is 0 Å². The van der Waals surface area contributed by atoms with Gasteiger partial charge in [-0.15, -0.1) is 12.2 Å². The molecule has 6 nitrogen and oxygen atoms in total. The van der Waals surface area contributed by atoms with E-state index in [0.29, 0.717) is 11.1 Å². The highest BCUT2D eigenvalue weighted by atomic mass is 16.3. The van der Waals surface area contributed by atoms with Crippen molar-refractivity contribution < 1.29 is 30.0 Å². The van der Waals surface area contributed by atoms with E-state index in [1.54, 1.807) is 13.8 Å². The van der Waals surface area contributed by atoms with Crippen molar-refractivity contribution in [3.05, 3.63) is 47.0 Å². The zero-order chi connectivity index (χ0) is 18.9. The summed E-state index contributed by atoms with van der Waals surface area (Å²) >= 11 is 0. The van der Waals surface area contributed by atoms with E-state index in [-0.39, 0.29) is 53.5 Å². The molecule has 6 heteroatoms. The molecule has 0 aliphatic heterocycles. The molecule has 0 N–H and O–H groups in total. The Labute approximate surface area is 148 Å². The van der Waals surface area contributed by atoms with E-state index in [1.165, 1.54) is 13.8 Å². The van der Waals surface area contributed by atoms with Gasteiger partial charge in [-0.1, -0.05) is 57.8 Å². The first-order valence-electron chi connectivity index (χ1n) is 7.48. The van der Waals surface area contributed by atoms with E-state index in [1.807, 2.05) is 0 Å². The van der Waals surface area contributed by atoms with Gasteiger partial charge < -0.3 is 20.4 Å². The Balaban J connectivity index is 0.000000339. The van der Waals surface area contributed by atoms with Crippen LogP contribution in [0.3, 0.4) is 0 Å². The molecule has 0 saturated heterocycles. The summed E-state index contributed by atoms with van der Waals surface area (Å²) in [5.74, 6) is -1.01. The lowest BCUT2D eigenvalue weighted by Gasteiger charge is -2.58. The lowest BCUT2D eigenvalue weighted by Crippen LogP contribution is -2.64. The van der Waals surface area contributed by atoms with Crippen molar-refractivity contribution in [1.29, 1.82) is 0 Å². The van der Waals surface area contributed by atoms with Crippen LogP contribution in [0.2, 0.25) is 0 Å². The van der Waals surface area contributed by atoms with Gasteiger partial charge in [-0.2, -0.15) is 0 Å². The Morgan fingerprint density at radius 3 is 1.08 bits per heavy atom. The quantitative estimate of drug-likeness (QED) is 0.511.